The third-order valence-electron chi connectivity index (χ3n) is 3.66. The van der Waals surface area contributed by atoms with Crippen LogP contribution in [0.4, 0.5) is 0 Å². The van der Waals surface area contributed by atoms with Crippen LogP contribution < -0.4 is 4.74 Å². The van der Waals surface area contributed by atoms with Crippen LogP contribution in [-0.2, 0) is 7.05 Å². The van der Waals surface area contributed by atoms with E-state index in [-0.39, 0.29) is 6.10 Å². The van der Waals surface area contributed by atoms with E-state index >= 15 is 0 Å². The van der Waals surface area contributed by atoms with Crippen molar-refractivity contribution in [3.8, 4) is 5.75 Å². The van der Waals surface area contributed by atoms with E-state index in [1.54, 1.807) is 0 Å². The van der Waals surface area contributed by atoms with Crippen LogP contribution in [0.15, 0.2) is 18.2 Å². The SMILES string of the molecule is CCCC(C)Oc1ccc2c(c1)c(C=O)c(C)n2C. The van der Waals surface area contributed by atoms with Crippen LogP contribution in [0.1, 0.15) is 42.7 Å². The maximum absolute atomic E-state index is 11.2. The normalized spacial score (nSPS) is 12.6. The standard InChI is InChI=1S/C16H21NO2/c1-5-6-11(2)19-13-7-8-16-14(9-13)15(10-18)12(3)17(16)4/h7-11H,5-6H2,1-4H3. The van der Waals surface area contributed by atoms with Gasteiger partial charge in [-0.2, -0.15) is 0 Å². The molecular formula is C16H21NO2. The Bertz CT molecular complexity index is 598. The predicted octanol–water partition coefficient (Wildman–Crippen LogP) is 3.87. The highest BCUT2D eigenvalue weighted by atomic mass is 16.5. The number of nitrogens with zero attached hydrogens (tertiary/aromatic N) is 1. The van der Waals surface area contributed by atoms with Crippen molar-refractivity contribution >= 4 is 17.2 Å². The van der Waals surface area contributed by atoms with Gasteiger partial charge in [-0.1, -0.05) is 13.3 Å². The zero-order valence-electron chi connectivity index (χ0n) is 12.1. The molecule has 19 heavy (non-hydrogen) atoms. The molecule has 2 rings (SSSR count). The van der Waals surface area contributed by atoms with Crippen molar-refractivity contribution in [1.29, 1.82) is 0 Å². The van der Waals surface area contributed by atoms with E-state index in [1.165, 1.54) is 0 Å². The Morgan fingerprint density at radius 1 is 1.42 bits per heavy atom. The number of aryl methyl sites for hydroxylation is 1. The van der Waals surface area contributed by atoms with E-state index in [1.807, 2.05) is 36.7 Å². The first-order chi connectivity index (χ1) is 9.08. The Balaban J connectivity index is 2.42. The number of aldehydes is 1. The summed E-state index contributed by atoms with van der Waals surface area (Å²) in [4.78, 5) is 11.2. The lowest BCUT2D eigenvalue weighted by atomic mass is 10.1. The van der Waals surface area contributed by atoms with Gasteiger partial charge >= 0.3 is 0 Å². The average molecular weight is 259 g/mol. The molecule has 1 atom stereocenters. The highest BCUT2D eigenvalue weighted by Gasteiger charge is 2.12. The van der Waals surface area contributed by atoms with Crippen molar-refractivity contribution in [3.05, 3.63) is 29.5 Å². The Hall–Kier alpha value is -1.77. The lowest BCUT2D eigenvalue weighted by molar-refractivity contribution is 0.112. The van der Waals surface area contributed by atoms with Gasteiger partial charge in [0, 0.05) is 29.2 Å². The van der Waals surface area contributed by atoms with Crippen LogP contribution in [0.3, 0.4) is 0 Å². The van der Waals surface area contributed by atoms with E-state index in [9.17, 15) is 4.79 Å². The number of aromatic nitrogens is 1. The molecule has 3 heteroatoms. The third kappa shape index (κ3) is 2.50. The minimum atomic E-state index is 0.201. The third-order valence-corrected chi connectivity index (χ3v) is 3.66. The molecule has 1 unspecified atom stereocenters. The molecule has 1 aromatic heterocycles. The van der Waals surface area contributed by atoms with Crippen LogP contribution in [0.2, 0.25) is 0 Å². The first-order valence-corrected chi connectivity index (χ1v) is 6.79. The number of carbonyl (C=O) groups excluding carboxylic acids is 1. The molecule has 0 amide bonds. The summed E-state index contributed by atoms with van der Waals surface area (Å²) in [6.07, 6.45) is 3.27. The monoisotopic (exact) mass is 259 g/mol. The molecule has 3 nitrogen and oxygen atoms in total. The second-order valence-corrected chi connectivity index (χ2v) is 5.07. The van der Waals surface area contributed by atoms with Crippen LogP contribution in [0.5, 0.6) is 5.75 Å². The molecule has 0 N–H and O–H groups in total. The smallest absolute Gasteiger partial charge is 0.152 e. The van der Waals surface area contributed by atoms with E-state index in [0.717, 1.165) is 47.0 Å². The molecule has 0 aliphatic rings. The van der Waals surface area contributed by atoms with Crippen LogP contribution >= 0.6 is 0 Å². The largest absolute Gasteiger partial charge is 0.491 e. The number of fused-ring (bicyclic) bond motifs is 1. The summed E-state index contributed by atoms with van der Waals surface area (Å²) >= 11 is 0. The summed E-state index contributed by atoms with van der Waals surface area (Å²) in [5.74, 6) is 0.835. The van der Waals surface area contributed by atoms with Crippen molar-refractivity contribution in [3.63, 3.8) is 0 Å². The fraction of sp³-hybridized carbons (Fsp3) is 0.438. The zero-order valence-corrected chi connectivity index (χ0v) is 12.1. The molecule has 1 aromatic carbocycles. The Kier molecular flexibility index (Phi) is 3.93. The summed E-state index contributed by atoms with van der Waals surface area (Å²) < 4.78 is 7.93. The summed E-state index contributed by atoms with van der Waals surface area (Å²) in [6.45, 7) is 6.18. The van der Waals surface area contributed by atoms with E-state index in [0.29, 0.717) is 0 Å². The highest BCUT2D eigenvalue weighted by Crippen LogP contribution is 2.28. The minimum Gasteiger partial charge on any atom is -0.491 e. The number of hydrogen-bond donors (Lipinski definition) is 0. The van der Waals surface area contributed by atoms with Gasteiger partial charge < -0.3 is 9.30 Å². The van der Waals surface area contributed by atoms with Crippen molar-refractivity contribution in [2.24, 2.45) is 7.05 Å². The Morgan fingerprint density at radius 3 is 2.79 bits per heavy atom. The topological polar surface area (TPSA) is 31.2 Å². The van der Waals surface area contributed by atoms with Gasteiger partial charge in [0.2, 0.25) is 0 Å². The Labute approximate surface area is 114 Å². The minimum absolute atomic E-state index is 0.201. The van der Waals surface area contributed by atoms with E-state index < -0.39 is 0 Å². The van der Waals surface area contributed by atoms with Gasteiger partial charge in [-0.25, -0.2) is 0 Å². The molecule has 0 aliphatic heterocycles. The Morgan fingerprint density at radius 2 is 2.16 bits per heavy atom. The summed E-state index contributed by atoms with van der Waals surface area (Å²) in [7, 11) is 1.98. The number of rotatable bonds is 5. The van der Waals surface area contributed by atoms with Gasteiger partial charge in [-0.15, -0.1) is 0 Å². The number of hydrogen-bond acceptors (Lipinski definition) is 2. The van der Waals surface area contributed by atoms with Crippen LogP contribution in [0.25, 0.3) is 10.9 Å². The summed E-state index contributed by atoms with van der Waals surface area (Å²) in [5.41, 5.74) is 2.81. The van der Waals surface area contributed by atoms with Crippen molar-refractivity contribution in [2.45, 2.75) is 39.7 Å². The summed E-state index contributed by atoms with van der Waals surface area (Å²) in [6, 6.07) is 5.96. The lowest BCUT2D eigenvalue weighted by Crippen LogP contribution is -2.10. The van der Waals surface area contributed by atoms with Gasteiger partial charge in [-0.3, -0.25) is 4.79 Å². The van der Waals surface area contributed by atoms with Crippen molar-refractivity contribution < 1.29 is 9.53 Å². The van der Waals surface area contributed by atoms with Gasteiger partial charge in [0.15, 0.2) is 6.29 Å². The van der Waals surface area contributed by atoms with E-state index in [4.69, 9.17) is 4.74 Å². The molecule has 0 fully saturated rings. The van der Waals surface area contributed by atoms with Gasteiger partial charge in [0.25, 0.3) is 0 Å². The second-order valence-electron chi connectivity index (χ2n) is 5.07. The molecule has 0 saturated heterocycles. The molecule has 0 radical (unpaired) electrons. The van der Waals surface area contributed by atoms with Crippen molar-refractivity contribution in [1.82, 2.24) is 4.57 Å². The molecule has 0 aliphatic carbocycles. The van der Waals surface area contributed by atoms with Gasteiger partial charge in [-0.05, 0) is 38.5 Å². The maximum atomic E-state index is 11.2. The van der Waals surface area contributed by atoms with Crippen LogP contribution in [0, 0.1) is 6.92 Å². The molecule has 0 saturated carbocycles. The fourth-order valence-corrected chi connectivity index (χ4v) is 2.50. The molecule has 2 aromatic rings. The molecule has 0 bridgehead atoms. The van der Waals surface area contributed by atoms with Crippen LogP contribution in [-0.4, -0.2) is 17.0 Å². The van der Waals surface area contributed by atoms with Gasteiger partial charge in [0.1, 0.15) is 5.75 Å². The maximum Gasteiger partial charge on any atom is 0.152 e. The lowest BCUT2D eigenvalue weighted by Gasteiger charge is -2.13. The second kappa shape index (κ2) is 5.47. The predicted molar refractivity (Wildman–Crippen MR) is 78.0 cm³/mol. The number of ether oxygens (including phenoxy) is 1. The first kappa shape index (κ1) is 13.7. The molecule has 102 valence electrons. The summed E-state index contributed by atoms with van der Waals surface area (Å²) in [5, 5.41) is 0.969. The molecule has 1 heterocycles. The highest BCUT2D eigenvalue weighted by molar-refractivity contribution is 5.99. The number of carbonyl (C=O) groups is 1. The van der Waals surface area contributed by atoms with E-state index in [2.05, 4.69) is 13.8 Å². The number of benzene rings is 1. The average Bonchev–Trinajstić information content (AvgIpc) is 2.61. The quantitative estimate of drug-likeness (QED) is 0.763. The van der Waals surface area contributed by atoms with Gasteiger partial charge in [0.05, 0.1) is 6.10 Å². The first-order valence-electron chi connectivity index (χ1n) is 6.79. The zero-order chi connectivity index (χ0) is 14.0. The molecular weight excluding hydrogens is 238 g/mol. The molecule has 0 spiro atoms. The van der Waals surface area contributed by atoms with Crippen molar-refractivity contribution in [2.75, 3.05) is 0 Å². The fourth-order valence-electron chi connectivity index (χ4n) is 2.50.